The van der Waals surface area contributed by atoms with Crippen LogP contribution in [0.4, 0.5) is 5.69 Å². The Morgan fingerprint density at radius 1 is 1.36 bits per heavy atom. The Morgan fingerprint density at radius 2 is 2.14 bits per heavy atom. The third kappa shape index (κ3) is 3.12. The minimum atomic E-state index is -0.822. The molecule has 0 amide bonds. The first-order valence-corrected chi connectivity index (χ1v) is 8.52. The van der Waals surface area contributed by atoms with Gasteiger partial charge in [0.15, 0.2) is 0 Å². The van der Waals surface area contributed by atoms with Crippen LogP contribution in [-0.2, 0) is 0 Å². The molecule has 1 aromatic carbocycles. The molecule has 2 aliphatic rings. The first-order valence-electron chi connectivity index (χ1n) is 8.52. The number of benzene rings is 1. The summed E-state index contributed by atoms with van der Waals surface area (Å²) in [5.41, 5.74) is 2.94. The van der Waals surface area contributed by atoms with Gasteiger partial charge in [0.25, 0.3) is 0 Å². The number of carboxylic acids is 1. The minimum Gasteiger partial charge on any atom is -0.478 e. The second kappa shape index (κ2) is 6.69. The zero-order chi connectivity index (χ0) is 15.5. The highest BCUT2D eigenvalue weighted by Crippen LogP contribution is 2.41. The summed E-state index contributed by atoms with van der Waals surface area (Å²) in [6.45, 7) is 6.56. The van der Waals surface area contributed by atoms with Gasteiger partial charge in [-0.25, -0.2) is 4.79 Å². The van der Waals surface area contributed by atoms with Crippen molar-refractivity contribution in [3.8, 4) is 0 Å². The second-order valence-corrected chi connectivity index (χ2v) is 6.65. The number of aromatic carboxylic acids is 1. The summed E-state index contributed by atoms with van der Waals surface area (Å²) in [4.78, 5) is 13.7. The lowest BCUT2D eigenvalue weighted by Crippen LogP contribution is -2.29. The van der Waals surface area contributed by atoms with E-state index in [4.69, 9.17) is 0 Å². The maximum absolute atomic E-state index is 11.3. The Labute approximate surface area is 132 Å². The van der Waals surface area contributed by atoms with E-state index in [2.05, 4.69) is 17.1 Å². The van der Waals surface area contributed by atoms with Crippen LogP contribution in [0.5, 0.6) is 0 Å². The SMILES string of the molecule is CCCN1CC(CC2CCNCC2)c2cc(C(=O)O)ccc21. The number of nitrogens with one attached hydrogen (secondary N) is 1. The Morgan fingerprint density at radius 3 is 2.82 bits per heavy atom. The molecule has 120 valence electrons. The van der Waals surface area contributed by atoms with Gasteiger partial charge in [0.05, 0.1) is 5.56 Å². The summed E-state index contributed by atoms with van der Waals surface area (Å²) >= 11 is 0. The molecule has 0 aromatic heterocycles. The maximum atomic E-state index is 11.3. The fourth-order valence-electron chi connectivity index (χ4n) is 3.97. The van der Waals surface area contributed by atoms with Gasteiger partial charge in [-0.05, 0) is 68.5 Å². The first kappa shape index (κ1) is 15.3. The van der Waals surface area contributed by atoms with Crippen molar-refractivity contribution in [3.05, 3.63) is 29.3 Å². The molecule has 1 fully saturated rings. The molecule has 0 radical (unpaired) electrons. The van der Waals surface area contributed by atoms with E-state index in [0.29, 0.717) is 11.5 Å². The normalized spacial score (nSPS) is 21.9. The van der Waals surface area contributed by atoms with Crippen molar-refractivity contribution in [3.63, 3.8) is 0 Å². The van der Waals surface area contributed by atoms with Crippen LogP contribution in [0, 0.1) is 5.92 Å². The Bertz CT molecular complexity index is 538. The molecular formula is C18H26N2O2. The van der Waals surface area contributed by atoms with Crippen LogP contribution in [-0.4, -0.2) is 37.3 Å². The van der Waals surface area contributed by atoms with Crippen molar-refractivity contribution in [2.24, 2.45) is 5.92 Å². The van der Waals surface area contributed by atoms with E-state index in [1.54, 1.807) is 6.07 Å². The van der Waals surface area contributed by atoms with Gasteiger partial charge < -0.3 is 15.3 Å². The monoisotopic (exact) mass is 302 g/mol. The average molecular weight is 302 g/mol. The fourth-order valence-corrected chi connectivity index (χ4v) is 3.97. The lowest BCUT2D eigenvalue weighted by molar-refractivity contribution is 0.0697. The number of carbonyl (C=O) groups is 1. The van der Waals surface area contributed by atoms with Crippen molar-refractivity contribution >= 4 is 11.7 Å². The molecule has 0 bridgehead atoms. The second-order valence-electron chi connectivity index (χ2n) is 6.65. The van der Waals surface area contributed by atoms with Crippen molar-refractivity contribution in [1.29, 1.82) is 0 Å². The number of hydrogen-bond acceptors (Lipinski definition) is 3. The molecule has 0 aliphatic carbocycles. The van der Waals surface area contributed by atoms with Gasteiger partial charge in [-0.15, -0.1) is 0 Å². The zero-order valence-electron chi connectivity index (χ0n) is 13.3. The average Bonchev–Trinajstić information content (AvgIpc) is 2.86. The van der Waals surface area contributed by atoms with Gasteiger partial charge in [-0.3, -0.25) is 0 Å². The molecule has 2 aliphatic heterocycles. The van der Waals surface area contributed by atoms with Crippen molar-refractivity contribution in [1.82, 2.24) is 5.32 Å². The van der Waals surface area contributed by atoms with Gasteiger partial charge in [-0.2, -0.15) is 0 Å². The molecule has 1 unspecified atom stereocenters. The summed E-state index contributed by atoms with van der Waals surface area (Å²) in [6, 6.07) is 5.67. The summed E-state index contributed by atoms with van der Waals surface area (Å²) < 4.78 is 0. The summed E-state index contributed by atoms with van der Waals surface area (Å²) in [7, 11) is 0. The number of anilines is 1. The first-order chi connectivity index (χ1) is 10.7. The number of piperidine rings is 1. The highest BCUT2D eigenvalue weighted by molar-refractivity contribution is 5.89. The number of fused-ring (bicyclic) bond motifs is 1. The van der Waals surface area contributed by atoms with E-state index in [1.165, 1.54) is 30.5 Å². The third-order valence-corrected chi connectivity index (χ3v) is 5.07. The maximum Gasteiger partial charge on any atom is 0.335 e. The van der Waals surface area contributed by atoms with Crippen LogP contribution in [0.15, 0.2) is 18.2 Å². The van der Waals surface area contributed by atoms with Gasteiger partial charge in [0, 0.05) is 24.7 Å². The smallest absolute Gasteiger partial charge is 0.335 e. The topological polar surface area (TPSA) is 52.6 Å². The fraction of sp³-hybridized carbons (Fsp3) is 0.611. The molecule has 2 N–H and O–H groups in total. The molecule has 4 heteroatoms. The van der Waals surface area contributed by atoms with Gasteiger partial charge in [0.2, 0.25) is 0 Å². The van der Waals surface area contributed by atoms with Crippen LogP contribution >= 0.6 is 0 Å². The van der Waals surface area contributed by atoms with Crippen LogP contribution in [0.2, 0.25) is 0 Å². The van der Waals surface area contributed by atoms with Gasteiger partial charge >= 0.3 is 5.97 Å². The quantitative estimate of drug-likeness (QED) is 0.877. The molecule has 2 heterocycles. The standard InChI is InChI=1S/C18H26N2O2/c1-2-9-20-12-15(10-13-5-7-19-8-6-13)16-11-14(18(21)22)3-4-17(16)20/h3-4,11,13,15,19H,2,5-10,12H2,1H3,(H,21,22). The minimum absolute atomic E-state index is 0.424. The predicted octanol–water partition coefficient (Wildman–Crippen LogP) is 3.09. The number of carboxylic acid groups (broad SMARTS) is 1. The van der Waals surface area contributed by atoms with E-state index >= 15 is 0 Å². The van der Waals surface area contributed by atoms with Crippen LogP contribution in [0.25, 0.3) is 0 Å². The van der Waals surface area contributed by atoms with Crippen molar-refractivity contribution < 1.29 is 9.90 Å². The highest BCUT2D eigenvalue weighted by Gasteiger charge is 2.31. The molecule has 1 saturated heterocycles. The van der Waals surface area contributed by atoms with E-state index in [9.17, 15) is 9.90 Å². The van der Waals surface area contributed by atoms with Crippen LogP contribution in [0.1, 0.15) is 54.4 Å². The van der Waals surface area contributed by atoms with E-state index < -0.39 is 5.97 Å². The highest BCUT2D eigenvalue weighted by atomic mass is 16.4. The Balaban J connectivity index is 1.82. The van der Waals surface area contributed by atoms with Crippen molar-refractivity contribution in [2.75, 3.05) is 31.1 Å². The number of rotatable bonds is 5. The van der Waals surface area contributed by atoms with Crippen LogP contribution in [0.3, 0.4) is 0 Å². The Kier molecular flexibility index (Phi) is 4.67. The van der Waals surface area contributed by atoms with Crippen LogP contribution < -0.4 is 10.2 Å². The lowest BCUT2D eigenvalue weighted by atomic mass is 9.85. The molecule has 4 nitrogen and oxygen atoms in total. The van der Waals surface area contributed by atoms with Gasteiger partial charge in [0.1, 0.15) is 0 Å². The molecule has 0 saturated carbocycles. The molecule has 1 aromatic rings. The largest absolute Gasteiger partial charge is 0.478 e. The zero-order valence-corrected chi connectivity index (χ0v) is 13.3. The summed E-state index contributed by atoms with van der Waals surface area (Å²) in [5.74, 6) is 0.440. The molecule has 1 atom stereocenters. The molecule has 3 rings (SSSR count). The molecular weight excluding hydrogens is 276 g/mol. The predicted molar refractivity (Wildman–Crippen MR) is 88.9 cm³/mol. The van der Waals surface area contributed by atoms with E-state index in [1.807, 2.05) is 12.1 Å². The van der Waals surface area contributed by atoms with E-state index in [-0.39, 0.29) is 0 Å². The lowest BCUT2D eigenvalue weighted by Gasteiger charge is -2.26. The summed E-state index contributed by atoms with van der Waals surface area (Å²) in [5, 5.41) is 12.7. The number of nitrogens with zero attached hydrogens (tertiary/aromatic N) is 1. The molecule has 0 spiro atoms. The Hall–Kier alpha value is -1.55. The summed E-state index contributed by atoms with van der Waals surface area (Å²) in [6.07, 6.45) is 4.81. The molecule has 22 heavy (non-hydrogen) atoms. The van der Waals surface area contributed by atoms with Gasteiger partial charge in [-0.1, -0.05) is 6.92 Å². The van der Waals surface area contributed by atoms with E-state index in [0.717, 1.165) is 38.5 Å². The number of hydrogen-bond donors (Lipinski definition) is 2. The van der Waals surface area contributed by atoms with Crippen molar-refractivity contribution in [2.45, 2.75) is 38.5 Å². The third-order valence-electron chi connectivity index (χ3n) is 5.07.